The number of nitrogens with two attached hydrogens (primary N) is 1. The van der Waals surface area contributed by atoms with Gasteiger partial charge in [0, 0.05) is 45.0 Å². The number of carbonyl (C=O) groups is 3. The number of hydrogen-bond acceptors (Lipinski definition) is 5. The van der Waals surface area contributed by atoms with Crippen molar-refractivity contribution in [3.63, 3.8) is 0 Å². The van der Waals surface area contributed by atoms with Crippen LogP contribution >= 0.6 is 0 Å². The van der Waals surface area contributed by atoms with Gasteiger partial charge < -0.3 is 27.1 Å². The van der Waals surface area contributed by atoms with Crippen LogP contribution < -0.4 is 27.1 Å². The fourth-order valence-corrected chi connectivity index (χ4v) is 4.97. The van der Waals surface area contributed by atoms with Crippen LogP contribution in [0.1, 0.15) is 31.8 Å². The second-order valence-electron chi connectivity index (χ2n) is 9.80. The highest BCUT2D eigenvalue weighted by molar-refractivity contribution is 6.25. The van der Waals surface area contributed by atoms with E-state index in [0.717, 1.165) is 22.3 Å². The number of urea groups is 1. The summed E-state index contributed by atoms with van der Waals surface area (Å²) in [6.45, 7) is 0. The molecule has 4 amide bonds. The van der Waals surface area contributed by atoms with Crippen LogP contribution in [0.5, 0.6) is 0 Å². The predicted octanol–water partition coefficient (Wildman–Crippen LogP) is 6.53. The van der Waals surface area contributed by atoms with Crippen molar-refractivity contribution in [3.8, 4) is 11.1 Å². The summed E-state index contributed by atoms with van der Waals surface area (Å²) in [6, 6.07) is 35.2. The highest BCUT2D eigenvalue weighted by Crippen LogP contribution is 2.38. The Labute approximate surface area is 247 Å². The molecule has 210 valence electrons. The Morgan fingerprint density at radius 3 is 1.56 bits per heavy atom. The lowest BCUT2D eigenvalue weighted by atomic mass is 10.1. The molecule has 0 aromatic heterocycles. The van der Waals surface area contributed by atoms with Gasteiger partial charge in [-0.1, -0.05) is 66.7 Å². The first kappa shape index (κ1) is 27.0. The monoisotopic (exact) mass is 566 g/mol. The number of rotatable bonds is 6. The molecule has 9 heteroatoms. The SMILES string of the molecule is N/N=C1\c2ccccc2-c2ccc(NC(=O)Nc3cc(C(=O)Nc4ccccc4)cc(C(=O)Nc4ccccc4)c3)cc21. The fraction of sp³-hybridized carbons (Fsp3) is 0. The zero-order valence-electron chi connectivity index (χ0n) is 22.8. The van der Waals surface area contributed by atoms with Gasteiger partial charge in [-0.05, 0) is 65.7 Å². The molecule has 5 aromatic rings. The first-order chi connectivity index (χ1) is 21.0. The second-order valence-corrected chi connectivity index (χ2v) is 9.80. The number of amides is 4. The van der Waals surface area contributed by atoms with Crippen molar-refractivity contribution in [2.45, 2.75) is 0 Å². The minimum atomic E-state index is -0.559. The van der Waals surface area contributed by atoms with E-state index in [0.29, 0.717) is 22.8 Å². The van der Waals surface area contributed by atoms with Gasteiger partial charge in [0.2, 0.25) is 0 Å². The quantitative estimate of drug-likeness (QED) is 0.116. The number of para-hydroxylation sites is 2. The number of fused-ring (bicyclic) bond motifs is 3. The Morgan fingerprint density at radius 1 is 0.465 bits per heavy atom. The van der Waals surface area contributed by atoms with E-state index in [1.807, 2.05) is 48.5 Å². The van der Waals surface area contributed by atoms with Crippen LogP contribution in [0.25, 0.3) is 11.1 Å². The molecular formula is C34H26N6O3. The number of nitrogens with zero attached hydrogens (tertiary/aromatic N) is 1. The van der Waals surface area contributed by atoms with Crippen molar-refractivity contribution in [1.29, 1.82) is 0 Å². The smallest absolute Gasteiger partial charge is 0.323 e. The molecule has 9 nitrogen and oxygen atoms in total. The van der Waals surface area contributed by atoms with E-state index >= 15 is 0 Å². The lowest BCUT2D eigenvalue weighted by molar-refractivity contribution is 0.102. The highest BCUT2D eigenvalue weighted by atomic mass is 16.2. The normalized spacial score (nSPS) is 12.1. The minimum Gasteiger partial charge on any atom is -0.323 e. The molecule has 5 aromatic carbocycles. The van der Waals surface area contributed by atoms with E-state index in [4.69, 9.17) is 5.84 Å². The Morgan fingerprint density at radius 2 is 0.977 bits per heavy atom. The molecule has 0 aliphatic heterocycles. The summed E-state index contributed by atoms with van der Waals surface area (Å²) >= 11 is 0. The van der Waals surface area contributed by atoms with Crippen LogP contribution in [0.15, 0.2) is 126 Å². The van der Waals surface area contributed by atoms with E-state index in [9.17, 15) is 14.4 Å². The molecule has 0 spiro atoms. The molecule has 0 fully saturated rings. The number of benzene rings is 5. The molecule has 43 heavy (non-hydrogen) atoms. The Kier molecular flexibility index (Phi) is 7.35. The van der Waals surface area contributed by atoms with Crippen LogP contribution in [0, 0.1) is 0 Å². The van der Waals surface area contributed by atoms with Gasteiger partial charge in [-0.25, -0.2) is 4.79 Å². The second kappa shape index (κ2) is 11.7. The molecule has 1 aliphatic carbocycles. The Bertz CT molecular complexity index is 1820. The van der Waals surface area contributed by atoms with Crippen LogP contribution in [0.2, 0.25) is 0 Å². The van der Waals surface area contributed by atoms with E-state index < -0.39 is 17.8 Å². The number of hydrazone groups is 1. The molecule has 0 saturated heterocycles. The van der Waals surface area contributed by atoms with E-state index in [1.54, 1.807) is 54.6 Å². The maximum Gasteiger partial charge on any atom is 0.323 e. The molecule has 1 aliphatic rings. The number of nitrogens with one attached hydrogen (secondary N) is 4. The topological polar surface area (TPSA) is 138 Å². The first-order valence-electron chi connectivity index (χ1n) is 13.5. The third kappa shape index (κ3) is 5.82. The Hall–Kier alpha value is -6.22. The van der Waals surface area contributed by atoms with Crippen molar-refractivity contribution in [2.75, 3.05) is 21.3 Å². The molecule has 0 atom stereocenters. The maximum atomic E-state index is 13.1. The lowest BCUT2D eigenvalue weighted by Crippen LogP contribution is -2.21. The van der Waals surface area contributed by atoms with Gasteiger partial charge in [-0.2, -0.15) is 5.10 Å². The first-order valence-corrected chi connectivity index (χ1v) is 13.5. The zero-order chi connectivity index (χ0) is 29.8. The van der Waals surface area contributed by atoms with Gasteiger partial charge in [0.05, 0.1) is 5.71 Å². The molecular weight excluding hydrogens is 540 g/mol. The summed E-state index contributed by atoms with van der Waals surface area (Å²) in [4.78, 5) is 39.4. The molecule has 0 radical (unpaired) electrons. The summed E-state index contributed by atoms with van der Waals surface area (Å²) in [5, 5.41) is 15.2. The van der Waals surface area contributed by atoms with Gasteiger partial charge >= 0.3 is 6.03 Å². The van der Waals surface area contributed by atoms with Crippen molar-refractivity contribution in [1.82, 2.24) is 0 Å². The summed E-state index contributed by atoms with van der Waals surface area (Å²) in [6.07, 6.45) is 0. The number of anilines is 4. The van der Waals surface area contributed by atoms with Gasteiger partial charge in [-0.15, -0.1) is 0 Å². The van der Waals surface area contributed by atoms with Crippen LogP contribution in [-0.2, 0) is 0 Å². The Balaban J connectivity index is 1.25. The van der Waals surface area contributed by atoms with Crippen LogP contribution in [0.4, 0.5) is 27.5 Å². The molecule has 6 rings (SSSR count). The lowest BCUT2D eigenvalue weighted by Gasteiger charge is -2.13. The van der Waals surface area contributed by atoms with Crippen molar-refractivity contribution >= 4 is 46.3 Å². The largest absolute Gasteiger partial charge is 0.323 e. The van der Waals surface area contributed by atoms with Crippen molar-refractivity contribution < 1.29 is 14.4 Å². The fourth-order valence-electron chi connectivity index (χ4n) is 4.97. The molecule has 0 unspecified atom stereocenters. The standard InChI is InChI=1S/C34H26N6O3/c35-40-31-29-14-8-7-13-27(29)28-16-15-25(20-30(28)31)38-34(43)39-26-18-21(32(41)36-23-9-3-1-4-10-23)17-22(19-26)33(42)37-24-11-5-2-6-12-24/h1-20H,35H2,(H,36,41)(H,37,42)(H2,38,39,43)/b40-31+. The highest BCUT2D eigenvalue weighted by Gasteiger charge is 2.25. The number of carbonyl (C=O) groups excluding carboxylic acids is 3. The number of hydrogen-bond donors (Lipinski definition) is 5. The van der Waals surface area contributed by atoms with Crippen LogP contribution in [-0.4, -0.2) is 23.6 Å². The van der Waals surface area contributed by atoms with E-state index in [-0.39, 0.29) is 16.8 Å². The predicted molar refractivity (Wildman–Crippen MR) is 170 cm³/mol. The zero-order valence-corrected chi connectivity index (χ0v) is 22.8. The third-order valence-electron chi connectivity index (χ3n) is 6.91. The van der Waals surface area contributed by atoms with Crippen molar-refractivity contribution in [3.05, 3.63) is 144 Å². The molecule has 0 bridgehead atoms. The average molecular weight is 567 g/mol. The summed E-state index contributed by atoms with van der Waals surface area (Å²) in [7, 11) is 0. The summed E-state index contributed by atoms with van der Waals surface area (Å²) < 4.78 is 0. The van der Waals surface area contributed by atoms with Crippen LogP contribution in [0.3, 0.4) is 0 Å². The minimum absolute atomic E-state index is 0.193. The summed E-state index contributed by atoms with van der Waals surface area (Å²) in [5.41, 5.74) is 6.71. The van der Waals surface area contributed by atoms with Gasteiger partial charge in [-0.3, -0.25) is 9.59 Å². The molecule has 0 heterocycles. The summed E-state index contributed by atoms with van der Waals surface area (Å²) in [5.74, 6) is 4.85. The third-order valence-corrected chi connectivity index (χ3v) is 6.91. The molecule has 6 N–H and O–H groups in total. The van der Waals surface area contributed by atoms with Crippen molar-refractivity contribution in [2.24, 2.45) is 10.9 Å². The molecule has 0 saturated carbocycles. The average Bonchev–Trinajstić information content (AvgIpc) is 3.34. The van der Waals surface area contributed by atoms with Gasteiger partial charge in [0.1, 0.15) is 0 Å². The van der Waals surface area contributed by atoms with Gasteiger partial charge in [0.25, 0.3) is 11.8 Å². The maximum absolute atomic E-state index is 13.1. The van der Waals surface area contributed by atoms with E-state index in [1.165, 1.54) is 18.2 Å². The van der Waals surface area contributed by atoms with E-state index in [2.05, 4.69) is 26.4 Å². The van der Waals surface area contributed by atoms with Gasteiger partial charge in [0.15, 0.2) is 0 Å².